The minimum absolute atomic E-state index is 0.541. The van der Waals surface area contributed by atoms with E-state index in [4.69, 9.17) is 0 Å². The number of nitrogens with zero attached hydrogens (tertiary/aromatic N) is 1. The van der Waals surface area contributed by atoms with Crippen LogP contribution < -0.4 is 0 Å². The molecule has 0 aliphatic heterocycles. The number of hydrogen-bond donors (Lipinski definition) is 0. The molecule has 0 amide bonds. The van der Waals surface area contributed by atoms with Gasteiger partial charge in [0.25, 0.3) is 0 Å². The molecule has 0 N–H and O–H groups in total. The number of methoxy groups -OCH3 is 1. The first-order chi connectivity index (χ1) is 7.81. The van der Waals surface area contributed by atoms with Gasteiger partial charge in [-0.25, -0.2) is 4.79 Å². The highest BCUT2D eigenvalue weighted by atomic mass is 16.5. The van der Waals surface area contributed by atoms with Crippen molar-refractivity contribution in [2.45, 2.75) is 0 Å². The molecule has 3 nitrogen and oxygen atoms in total. The molecule has 0 aliphatic rings. The van der Waals surface area contributed by atoms with Crippen LogP contribution in [0.4, 0.5) is 0 Å². The molecule has 0 atom stereocenters. The lowest BCUT2D eigenvalue weighted by Gasteiger charge is -1.98. The van der Waals surface area contributed by atoms with Crippen LogP contribution in [0.2, 0.25) is 0 Å². The smallest absolute Gasteiger partial charge is 0.384 e. The summed E-state index contributed by atoms with van der Waals surface area (Å²) < 4.78 is 4.46. The van der Waals surface area contributed by atoms with Crippen LogP contribution in [0, 0.1) is 11.8 Å². The largest absolute Gasteiger partial charge is 0.459 e. The zero-order chi connectivity index (χ0) is 11.4. The molecule has 0 saturated carbocycles. The number of ether oxygens (including phenoxy) is 1. The van der Waals surface area contributed by atoms with Crippen LogP contribution >= 0.6 is 0 Å². The number of fused-ring (bicyclic) bond motifs is 1. The first-order valence-corrected chi connectivity index (χ1v) is 4.75. The van der Waals surface area contributed by atoms with E-state index < -0.39 is 5.97 Å². The molecule has 0 bridgehead atoms. The molecular weight excluding hydrogens is 202 g/mol. The van der Waals surface area contributed by atoms with Gasteiger partial charge in [0.05, 0.1) is 12.6 Å². The van der Waals surface area contributed by atoms with E-state index in [1.54, 1.807) is 12.3 Å². The summed E-state index contributed by atoms with van der Waals surface area (Å²) >= 11 is 0. The Morgan fingerprint density at radius 3 is 2.94 bits per heavy atom. The SMILES string of the molecule is COC(=O)C#Cc1ccnc2ccccc12. The summed E-state index contributed by atoms with van der Waals surface area (Å²) in [4.78, 5) is 15.1. The molecule has 1 heterocycles. The van der Waals surface area contributed by atoms with Crippen molar-refractivity contribution >= 4 is 16.9 Å². The zero-order valence-corrected chi connectivity index (χ0v) is 8.73. The first-order valence-electron chi connectivity index (χ1n) is 4.75. The quantitative estimate of drug-likeness (QED) is 0.492. The Balaban J connectivity index is 2.51. The highest BCUT2D eigenvalue weighted by Crippen LogP contribution is 2.14. The Morgan fingerprint density at radius 2 is 2.12 bits per heavy atom. The molecule has 2 rings (SSSR count). The number of carbonyl (C=O) groups excluding carboxylic acids is 1. The second kappa shape index (κ2) is 4.45. The van der Waals surface area contributed by atoms with Crippen molar-refractivity contribution in [2.75, 3.05) is 7.11 Å². The Labute approximate surface area is 93.1 Å². The Kier molecular flexibility index (Phi) is 2.84. The van der Waals surface area contributed by atoms with E-state index in [0.717, 1.165) is 16.5 Å². The summed E-state index contributed by atoms with van der Waals surface area (Å²) in [7, 11) is 1.31. The molecule has 3 heteroatoms. The van der Waals surface area contributed by atoms with Crippen LogP contribution in [-0.2, 0) is 9.53 Å². The fraction of sp³-hybridized carbons (Fsp3) is 0.0769. The predicted octanol–water partition coefficient (Wildman–Crippen LogP) is 1.76. The normalized spacial score (nSPS) is 9.31. The lowest BCUT2D eigenvalue weighted by molar-refractivity contribution is -0.133. The van der Waals surface area contributed by atoms with Crippen molar-refractivity contribution in [3.8, 4) is 11.8 Å². The number of esters is 1. The number of hydrogen-bond acceptors (Lipinski definition) is 3. The van der Waals surface area contributed by atoms with Gasteiger partial charge in [0.15, 0.2) is 0 Å². The lowest BCUT2D eigenvalue weighted by atomic mass is 10.1. The Morgan fingerprint density at radius 1 is 1.31 bits per heavy atom. The van der Waals surface area contributed by atoms with Crippen LogP contribution in [-0.4, -0.2) is 18.1 Å². The molecule has 0 saturated heterocycles. The molecule has 0 aliphatic carbocycles. The molecule has 1 aromatic carbocycles. The molecular formula is C13H9NO2. The van der Waals surface area contributed by atoms with E-state index in [0.29, 0.717) is 0 Å². The second-order valence-corrected chi connectivity index (χ2v) is 3.12. The van der Waals surface area contributed by atoms with Crippen molar-refractivity contribution in [2.24, 2.45) is 0 Å². The maximum atomic E-state index is 10.9. The van der Waals surface area contributed by atoms with Crippen LogP contribution in [0.25, 0.3) is 10.9 Å². The third-order valence-electron chi connectivity index (χ3n) is 2.13. The highest BCUT2D eigenvalue weighted by molar-refractivity contribution is 5.91. The number of benzene rings is 1. The van der Waals surface area contributed by atoms with Crippen molar-refractivity contribution in [3.63, 3.8) is 0 Å². The van der Waals surface area contributed by atoms with Gasteiger partial charge in [0.2, 0.25) is 0 Å². The van der Waals surface area contributed by atoms with Gasteiger partial charge in [-0.3, -0.25) is 4.98 Å². The minimum atomic E-state index is -0.541. The van der Waals surface area contributed by atoms with E-state index >= 15 is 0 Å². The van der Waals surface area contributed by atoms with E-state index in [-0.39, 0.29) is 0 Å². The summed E-state index contributed by atoms with van der Waals surface area (Å²) in [6.45, 7) is 0. The standard InChI is InChI=1S/C13H9NO2/c1-16-13(15)7-6-10-8-9-14-12-5-3-2-4-11(10)12/h2-5,8-9H,1H3. The van der Waals surface area contributed by atoms with E-state index in [1.165, 1.54) is 7.11 Å². The number of carbonyl (C=O) groups is 1. The number of rotatable bonds is 0. The monoisotopic (exact) mass is 211 g/mol. The number of pyridine rings is 1. The third-order valence-corrected chi connectivity index (χ3v) is 2.13. The van der Waals surface area contributed by atoms with Crippen LogP contribution in [0.5, 0.6) is 0 Å². The number of para-hydroxylation sites is 1. The average Bonchev–Trinajstić information content (AvgIpc) is 2.35. The van der Waals surface area contributed by atoms with Crippen LogP contribution in [0.1, 0.15) is 5.56 Å². The van der Waals surface area contributed by atoms with Gasteiger partial charge in [-0.1, -0.05) is 24.1 Å². The zero-order valence-electron chi connectivity index (χ0n) is 8.73. The van der Waals surface area contributed by atoms with E-state index in [1.807, 2.05) is 24.3 Å². The fourth-order valence-electron chi connectivity index (χ4n) is 1.37. The average molecular weight is 211 g/mol. The molecule has 2 aromatic rings. The summed E-state index contributed by atoms with van der Waals surface area (Å²) in [5.41, 5.74) is 1.63. The molecule has 16 heavy (non-hydrogen) atoms. The summed E-state index contributed by atoms with van der Waals surface area (Å²) in [5.74, 6) is 4.63. The maximum Gasteiger partial charge on any atom is 0.384 e. The molecule has 0 radical (unpaired) electrons. The van der Waals surface area contributed by atoms with Crippen LogP contribution in [0.15, 0.2) is 36.5 Å². The molecule has 0 unspecified atom stereocenters. The summed E-state index contributed by atoms with van der Waals surface area (Å²) in [5, 5.41) is 0.932. The maximum absolute atomic E-state index is 10.9. The van der Waals surface area contributed by atoms with Gasteiger partial charge in [0, 0.05) is 23.1 Å². The second-order valence-electron chi connectivity index (χ2n) is 3.12. The molecule has 1 aromatic heterocycles. The highest BCUT2D eigenvalue weighted by Gasteiger charge is 1.98. The van der Waals surface area contributed by atoms with Gasteiger partial charge in [-0.15, -0.1) is 0 Å². The first kappa shape index (κ1) is 10.2. The van der Waals surface area contributed by atoms with Crippen molar-refractivity contribution < 1.29 is 9.53 Å². The van der Waals surface area contributed by atoms with Gasteiger partial charge in [-0.2, -0.15) is 0 Å². The Bertz CT molecular complexity index is 588. The predicted molar refractivity (Wildman–Crippen MR) is 60.6 cm³/mol. The summed E-state index contributed by atoms with van der Waals surface area (Å²) in [6, 6.07) is 9.42. The third kappa shape index (κ3) is 2.01. The van der Waals surface area contributed by atoms with Crippen LogP contribution in [0.3, 0.4) is 0 Å². The lowest BCUT2D eigenvalue weighted by Crippen LogP contribution is -1.94. The van der Waals surface area contributed by atoms with Crippen molar-refractivity contribution in [1.29, 1.82) is 0 Å². The fourth-order valence-corrected chi connectivity index (χ4v) is 1.37. The topological polar surface area (TPSA) is 39.2 Å². The molecule has 0 spiro atoms. The van der Waals surface area contributed by atoms with Gasteiger partial charge < -0.3 is 4.74 Å². The van der Waals surface area contributed by atoms with Gasteiger partial charge >= 0.3 is 5.97 Å². The van der Waals surface area contributed by atoms with E-state index in [9.17, 15) is 4.79 Å². The van der Waals surface area contributed by atoms with Gasteiger partial charge in [-0.05, 0) is 12.1 Å². The Hall–Kier alpha value is -2.34. The van der Waals surface area contributed by atoms with Crippen molar-refractivity contribution in [1.82, 2.24) is 4.98 Å². The molecule has 0 fully saturated rings. The molecule has 78 valence electrons. The minimum Gasteiger partial charge on any atom is -0.459 e. The summed E-state index contributed by atoms with van der Waals surface area (Å²) in [6.07, 6.45) is 1.67. The van der Waals surface area contributed by atoms with Crippen molar-refractivity contribution in [3.05, 3.63) is 42.1 Å². The van der Waals surface area contributed by atoms with E-state index in [2.05, 4.69) is 21.6 Å². The number of aromatic nitrogens is 1. The van der Waals surface area contributed by atoms with Gasteiger partial charge in [0.1, 0.15) is 0 Å².